The molecular formula is C18H17F3N2O5S2. The Morgan fingerprint density at radius 2 is 1.77 bits per heavy atom. The van der Waals surface area contributed by atoms with Crippen LogP contribution in [0.15, 0.2) is 53.4 Å². The number of amides is 1. The van der Waals surface area contributed by atoms with Crippen LogP contribution in [0.1, 0.15) is 22.3 Å². The number of carbonyl (C=O) groups is 1. The van der Waals surface area contributed by atoms with Crippen LogP contribution in [0, 0.1) is 0 Å². The second-order valence-corrected chi connectivity index (χ2v) is 10.7. The minimum Gasteiger partial charge on any atom is -0.348 e. The van der Waals surface area contributed by atoms with E-state index in [4.69, 9.17) is 0 Å². The molecule has 0 aromatic heterocycles. The molecular weight excluding hydrogens is 445 g/mol. The molecule has 162 valence electrons. The van der Waals surface area contributed by atoms with Gasteiger partial charge in [0.1, 0.15) is 0 Å². The van der Waals surface area contributed by atoms with E-state index in [2.05, 4.69) is 10.0 Å². The highest BCUT2D eigenvalue weighted by Crippen LogP contribution is 2.31. The summed E-state index contributed by atoms with van der Waals surface area (Å²) in [6, 6.07) is 8.14. The number of nitrogens with one attached hydrogen (secondary N) is 2. The molecule has 1 atom stereocenters. The molecule has 1 amide bonds. The smallest absolute Gasteiger partial charge is 0.348 e. The van der Waals surface area contributed by atoms with Crippen molar-refractivity contribution in [1.82, 2.24) is 5.32 Å². The Balaban J connectivity index is 1.85. The number of rotatable bonds is 5. The summed E-state index contributed by atoms with van der Waals surface area (Å²) < 4.78 is 89.1. The van der Waals surface area contributed by atoms with Crippen LogP contribution in [-0.2, 0) is 26.0 Å². The molecule has 2 aromatic rings. The van der Waals surface area contributed by atoms with Crippen molar-refractivity contribution in [1.29, 1.82) is 0 Å². The highest BCUT2D eigenvalue weighted by molar-refractivity contribution is 7.92. The molecule has 0 aliphatic carbocycles. The lowest BCUT2D eigenvalue weighted by molar-refractivity contribution is -0.137. The van der Waals surface area contributed by atoms with E-state index in [0.717, 1.165) is 18.2 Å². The first-order valence-electron chi connectivity index (χ1n) is 8.68. The van der Waals surface area contributed by atoms with Crippen LogP contribution in [0.5, 0.6) is 0 Å². The zero-order chi connectivity index (χ0) is 22.2. The molecule has 1 saturated heterocycles. The number of hydrogen-bond acceptors (Lipinski definition) is 5. The molecule has 3 rings (SSSR count). The van der Waals surface area contributed by atoms with Crippen molar-refractivity contribution in [3.05, 3.63) is 59.7 Å². The normalized spacial score (nSPS) is 18.7. The van der Waals surface area contributed by atoms with Crippen molar-refractivity contribution in [2.75, 3.05) is 16.2 Å². The van der Waals surface area contributed by atoms with Gasteiger partial charge in [-0.2, -0.15) is 13.2 Å². The summed E-state index contributed by atoms with van der Waals surface area (Å²) in [6.07, 6.45) is -4.48. The number of hydrogen-bond donors (Lipinski definition) is 2. The van der Waals surface area contributed by atoms with Gasteiger partial charge in [-0.05, 0) is 36.8 Å². The maximum Gasteiger partial charge on any atom is 0.416 e. The number of para-hydroxylation sites is 1. The average Bonchev–Trinajstić information content (AvgIpc) is 2.99. The van der Waals surface area contributed by atoms with Crippen molar-refractivity contribution in [2.45, 2.75) is 23.5 Å². The van der Waals surface area contributed by atoms with Gasteiger partial charge in [0.2, 0.25) is 0 Å². The van der Waals surface area contributed by atoms with E-state index in [-0.39, 0.29) is 29.2 Å². The second-order valence-electron chi connectivity index (χ2n) is 6.75. The maximum absolute atomic E-state index is 12.9. The Bertz CT molecular complexity index is 1180. The molecule has 0 saturated carbocycles. The Hall–Kier alpha value is -2.60. The average molecular weight is 462 g/mol. The van der Waals surface area contributed by atoms with E-state index in [1.165, 1.54) is 24.3 Å². The Labute approximate surface area is 171 Å². The fourth-order valence-electron chi connectivity index (χ4n) is 2.99. The number of anilines is 1. The molecule has 1 unspecified atom stereocenters. The summed E-state index contributed by atoms with van der Waals surface area (Å²) in [5.41, 5.74) is -1.36. The van der Waals surface area contributed by atoms with Gasteiger partial charge in [-0.15, -0.1) is 0 Å². The van der Waals surface area contributed by atoms with Crippen LogP contribution < -0.4 is 10.0 Å². The number of sulfone groups is 1. The van der Waals surface area contributed by atoms with Gasteiger partial charge < -0.3 is 5.32 Å². The Morgan fingerprint density at radius 1 is 1.07 bits per heavy atom. The second kappa shape index (κ2) is 7.91. The summed E-state index contributed by atoms with van der Waals surface area (Å²) in [5, 5.41) is 2.54. The van der Waals surface area contributed by atoms with E-state index >= 15 is 0 Å². The number of carbonyl (C=O) groups excluding carboxylic acids is 1. The van der Waals surface area contributed by atoms with Crippen molar-refractivity contribution >= 4 is 31.5 Å². The van der Waals surface area contributed by atoms with Gasteiger partial charge in [0, 0.05) is 6.04 Å². The van der Waals surface area contributed by atoms with Crippen molar-refractivity contribution in [2.24, 2.45) is 0 Å². The van der Waals surface area contributed by atoms with E-state index in [0.29, 0.717) is 6.07 Å². The first-order valence-corrected chi connectivity index (χ1v) is 12.0. The number of alkyl halides is 3. The van der Waals surface area contributed by atoms with Crippen LogP contribution in [-0.4, -0.2) is 40.3 Å². The van der Waals surface area contributed by atoms with Gasteiger partial charge >= 0.3 is 6.18 Å². The molecule has 0 spiro atoms. The minimum absolute atomic E-state index is 0.0538. The van der Waals surface area contributed by atoms with Gasteiger partial charge in [0.15, 0.2) is 9.84 Å². The molecule has 0 radical (unpaired) electrons. The minimum atomic E-state index is -4.72. The van der Waals surface area contributed by atoms with E-state index in [1.807, 2.05) is 0 Å². The molecule has 0 bridgehead atoms. The fourth-order valence-corrected chi connectivity index (χ4v) is 5.78. The predicted octanol–water partition coefficient (Wildman–Crippen LogP) is 2.42. The molecule has 12 heteroatoms. The quantitative estimate of drug-likeness (QED) is 0.709. The number of halogens is 3. The number of sulfonamides is 1. The lowest BCUT2D eigenvalue weighted by Gasteiger charge is -2.15. The Morgan fingerprint density at radius 3 is 2.40 bits per heavy atom. The first kappa shape index (κ1) is 22.1. The molecule has 30 heavy (non-hydrogen) atoms. The molecule has 1 aliphatic heterocycles. The molecule has 1 fully saturated rings. The summed E-state index contributed by atoms with van der Waals surface area (Å²) in [6.45, 7) is 0. The largest absolute Gasteiger partial charge is 0.416 e. The molecule has 2 N–H and O–H groups in total. The molecule has 2 aromatic carbocycles. The molecule has 1 aliphatic rings. The van der Waals surface area contributed by atoms with Gasteiger partial charge in [-0.25, -0.2) is 16.8 Å². The van der Waals surface area contributed by atoms with Crippen LogP contribution >= 0.6 is 0 Å². The maximum atomic E-state index is 12.9. The summed E-state index contributed by atoms with van der Waals surface area (Å²) in [5.74, 6) is -0.960. The Kier molecular flexibility index (Phi) is 5.83. The third-order valence-electron chi connectivity index (χ3n) is 4.46. The van der Waals surface area contributed by atoms with Crippen molar-refractivity contribution in [3.63, 3.8) is 0 Å². The standard InChI is InChI=1S/C18H17F3N2O5S2/c19-18(20,21)12-4-3-5-14(10-12)30(27,28)23-16-7-2-1-6-15(16)17(24)22-13-8-9-29(25,26)11-13/h1-7,10,13,23H,8-9,11H2,(H,22,24). The van der Waals surface area contributed by atoms with Gasteiger partial charge in [-0.1, -0.05) is 18.2 Å². The summed E-state index contributed by atoms with van der Waals surface area (Å²) in [7, 11) is -7.66. The van der Waals surface area contributed by atoms with Crippen molar-refractivity contribution < 1.29 is 34.8 Å². The number of benzene rings is 2. The molecule has 1 heterocycles. The SMILES string of the molecule is O=C(NC1CCS(=O)(=O)C1)c1ccccc1NS(=O)(=O)c1cccc(C(F)(F)F)c1. The monoisotopic (exact) mass is 462 g/mol. The fraction of sp³-hybridized carbons (Fsp3) is 0.278. The van der Waals surface area contributed by atoms with Gasteiger partial charge in [0.05, 0.1) is 33.2 Å². The zero-order valence-corrected chi connectivity index (χ0v) is 16.9. The molecule has 7 nitrogen and oxygen atoms in total. The lowest BCUT2D eigenvalue weighted by atomic mass is 10.1. The van der Waals surface area contributed by atoms with E-state index < -0.39 is 48.4 Å². The van der Waals surface area contributed by atoms with E-state index in [9.17, 15) is 34.8 Å². The van der Waals surface area contributed by atoms with Gasteiger partial charge in [-0.3, -0.25) is 9.52 Å². The predicted molar refractivity (Wildman–Crippen MR) is 103 cm³/mol. The van der Waals surface area contributed by atoms with Crippen LogP contribution in [0.3, 0.4) is 0 Å². The first-order chi connectivity index (χ1) is 13.9. The summed E-state index contributed by atoms with van der Waals surface area (Å²) in [4.78, 5) is 11.9. The van der Waals surface area contributed by atoms with Crippen LogP contribution in [0.4, 0.5) is 18.9 Å². The van der Waals surface area contributed by atoms with Crippen molar-refractivity contribution in [3.8, 4) is 0 Å². The third-order valence-corrected chi connectivity index (χ3v) is 7.59. The lowest BCUT2D eigenvalue weighted by Crippen LogP contribution is -2.36. The summed E-state index contributed by atoms with van der Waals surface area (Å²) >= 11 is 0. The van der Waals surface area contributed by atoms with Gasteiger partial charge in [0.25, 0.3) is 15.9 Å². The van der Waals surface area contributed by atoms with E-state index in [1.54, 1.807) is 0 Å². The zero-order valence-electron chi connectivity index (χ0n) is 15.3. The highest BCUT2D eigenvalue weighted by atomic mass is 32.2. The highest BCUT2D eigenvalue weighted by Gasteiger charge is 2.32. The van der Waals surface area contributed by atoms with Crippen LogP contribution in [0.2, 0.25) is 0 Å². The van der Waals surface area contributed by atoms with Crippen LogP contribution in [0.25, 0.3) is 0 Å². The third kappa shape index (κ3) is 5.11. The topological polar surface area (TPSA) is 109 Å².